The monoisotopic (exact) mass is 336 g/mol. The summed E-state index contributed by atoms with van der Waals surface area (Å²) >= 11 is 5.89. The Balaban J connectivity index is 0.00000220. The molecule has 1 atom stereocenters. The molecule has 0 bridgehead atoms. The molecule has 0 aromatic heterocycles. The fraction of sp³-hybridized carbons (Fsp3) is 0.357. The predicted molar refractivity (Wildman–Crippen MR) is 72.5 cm³/mol. The van der Waals surface area contributed by atoms with Crippen LogP contribution >= 0.6 is 11.6 Å². The third-order valence-corrected chi connectivity index (χ3v) is 3.72. The van der Waals surface area contributed by atoms with Gasteiger partial charge < -0.3 is 14.9 Å². The molecule has 2 rings (SSSR count). The molecule has 6 nitrogen and oxygen atoms in total. The van der Waals surface area contributed by atoms with E-state index < -0.39 is 23.1 Å². The van der Waals surface area contributed by atoms with Crippen molar-refractivity contribution < 1.29 is 58.9 Å². The van der Waals surface area contributed by atoms with Crippen molar-refractivity contribution in [3.8, 4) is 0 Å². The number of halogens is 1. The van der Waals surface area contributed by atoms with Crippen LogP contribution in [0.15, 0.2) is 18.2 Å². The number of rotatable bonds is 3. The Kier molecular flexibility index (Phi) is 7.74. The van der Waals surface area contributed by atoms with Crippen LogP contribution in [-0.4, -0.2) is 37.4 Å². The van der Waals surface area contributed by atoms with Crippen molar-refractivity contribution >= 4 is 29.3 Å². The summed E-state index contributed by atoms with van der Waals surface area (Å²) in [6.45, 7) is 0. The third-order valence-electron chi connectivity index (χ3n) is 3.49. The van der Waals surface area contributed by atoms with E-state index in [-0.39, 0.29) is 47.9 Å². The summed E-state index contributed by atoms with van der Waals surface area (Å²) < 4.78 is 9.29. The molecule has 1 aromatic rings. The Morgan fingerprint density at radius 1 is 1.27 bits per heavy atom. The van der Waals surface area contributed by atoms with E-state index in [2.05, 4.69) is 4.74 Å². The van der Waals surface area contributed by atoms with Crippen LogP contribution in [0.1, 0.15) is 22.3 Å². The fourth-order valence-corrected chi connectivity index (χ4v) is 2.68. The number of esters is 2. The van der Waals surface area contributed by atoms with Gasteiger partial charge in [0.15, 0.2) is 5.78 Å². The molecule has 0 heterocycles. The van der Waals surface area contributed by atoms with Crippen molar-refractivity contribution in [1.29, 1.82) is 0 Å². The van der Waals surface area contributed by atoms with Gasteiger partial charge in [-0.15, -0.1) is 0 Å². The van der Waals surface area contributed by atoms with Gasteiger partial charge in [0, 0.05) is 10.6 Å². The maximum absolute atomic E-state index is 12.5. The van der Waals surface area contributed by atoms with E-state index in [4.69, 9.17) is 16.3 Å². The first-order valence-electron chi connectivity index (χ1n) is 5.93. The van der Waals surface area contributed by atoms with Crippen molar-refractivity contribution in [3.05, 3.63) is 34.3 Å². The van der Waals surface area contributed by atoms with Gasteiger partial charge in [-0.25, -0.2) is 0 Å². The normalized spacial score (nSPS) is 18.6. The first-order valence-corrected chi connectivity index (χ1v) is 6.31. The zero-order valence-corrected chi connectivity index (χ0v) is 15.3. The minimum atomic E-state index is -1.55. The zero-order valence-electron chi connectivity index (χ0n) is 12.5. The molecular weight excluding hydrogens is 323 g/mol. The second-order valence-electron chi connectivity index (χ2n) is 4.63. The number of hydrogen-bond donors (Lipinski definition) is 0. The van der Waals surface area contributed by atoms with Gasteiger partial charge in [-0.05, 0) is 30.2 Å². The molecule has 1 unspecified atom stereocenters. The molecule has 0 amide bonds. The van der Waals surface area contributed by atoms with E-state index >= 15 is 0 Å². The second kappa shape index (κ2) is 8.08. The Morgan fingerprint density at radius 3 is 2.45 bits per heavy atom. The standard InChI is InChI=1S/C14H13ClO5.Na.H2O/c1-19-11(16)7-14(13(18)20-2)6-8-5-9(15)3-4-10(8)12(14)17;;/h3-5H,6-7H2,1-2H3;;1H2/q;+1;/p-1. The maximum Gasteiger partial charge on any atom is 1.00 e. The van der Waals surface area contributed by atoms with Gasteiger partial charge in [0.05, 0.1) is 20.6 Å². The average Bonchev–Trinajstić information content (AvgIpc) is 2.71. The van der Waals surface area contributed by atoms with Crippen LogP contribution in [0.3, 0.4) is 0 Å². The van der Waals surface area contributed by atoms with Crippen LogP contribution in [0.25, 0.3) is 0 Å². The van der Waals surface area contributed by atoms with Gasteiger partial charge in [-0.1, -0.05) is 11.6 Å². The first-order chi connectivity index (χ1) is 9.44. The SMILES string of the molecule is COC(=O)CC1(C(=O)OC)Cc2cc(Cl)ccc2C1=O.[Na+].[OH-]. The Bertz CT molecular complexity index is 603. The van der Waals surface area contributed by atoms with Gasteiger partial charge in [0.2, 0.25) is 0 Å². The largest absolute Gasteiger partial charge is 1.00 e. The molecule has 1 aromatic carbocycles. The van der Waals surface area contributed by atoms with Crippen molar-refractivity contribution in [3.63, 3.8) is 0 Å². The summed E-state index contributed by atoms with van der Waals surface area (Å²) in [6.07, 6.45) is -0.259. The molecule has 1 aliphatic carbocycles. The summed E-state index contributed by atoms with van der Waals surface area (Å²) in [7, 11) is 2.39. The number of carbonyl (C=O) groups is 3. The van der Waals surface area contributed by atoms with E-state index in [1.54, 1.807) is 18.2 Å². The van der Waals surface area contributed by atoms with Gasteiger partial charge in [-0.2, -0.15) is 0 Å². The minimum Gasteiger partial charge on any atom is -0.870 e. The second-order valence-corrected chi connectivity index (χ2v) is 5.07. The smallest absolute Gasteiger partial charge is 0.870 e. The Hall–Kier alpha value is -0.920. The van der Waals surface area contributed by atoms with Gasteiger partial charge in [0.25, 0.3) is 0 Å². The maximum atomic E-state index is 12.5. The van der Waals surface area contributed by atoms with Crippen LogP contribution in [0.4, 0.5) is 0 Å². The zero-order chi connectivity index (χ0) is 14.9. The number of hydrogen-bond acceptors (Lipinski definition) is 6. The molecule has 0 saturated heterocycles. The molecule has 0 radical (unpaired) electrons. The molecule has 0 saturated carbocycles. The summed E-state index contributed by atoms with van der Waals surface area (Å²) in [4.78, 5) is 36.1. The predicted octanol–water partition coefficient (Wildman–Crippen LogP) is -1.37. The molecular formula is C14H14ClNaO6. The molecule has 8 heteroatoms. The number of benzene rings is 1. The van der Waals surface area contributed by atoms with Gasteiger partial charge >= 0.3 is 41.5 Å². The Morgan fingerprint density at radius 2 is 1.91 bits per heavy atom. The molecule has 1 aliphatic rings. The number of fused-ring (bicyclic) bond motifs is 1. The van der Waals surface area contributed by atoms with Crippen LogP contribution in [0.5, 0.6) is 0 Å². The summed E-state index contributed by atoms with van der Waals surface area (Å²) in [5.74, 6) is -1.80. The van der Waals surface area contributed by atoms with E-state index in [0.717, 1.165) is 0 Å². The minimum absolute atomic E-state index is 0. The third kappa shape index (κ3) is 3.52. The number of carbonyl (C=O) groups excluding carboxylic acids is 3. The van der Waals surface area contributed by atoms with Crippen LogP contribution in [0.2, 0.25) is 5.02 Å². The van der Waals surface area contributed by atoms with E-state index in [1.165, 1.54) is 14.2 Å². The average molecular weight is 337 g/mol. The summed E-state index contributed by atoms with van der Waals surface area (Å²) in [6, 6.07) is 4.75. The number of methoxy groups -OCH3 is 2. The van der Waals surface area contributed by atoms with Crippen LogP contribution < -0.4 is 29.6 Å². The molecule has 22 heavy (non-hydrogen) atoms. The van der Waals surface area contributed by atoms with Crippen molar-refractivity contribution in [1.82, 2.24) is 0 Å². The van der Waals surface area contributed by atoms with E-state index in [9.17, 15) is 14.4 Å². The molecule has 114 valence electrons. The number of ether oxygens (including phenoxy) is 2. The fourth-order valence-electron chi connectivity index (χ4n) is 2.49. The molecule has 0 fully saturated rings. The van der Waals surface area contributed by atoms with Crippen LogP contribution in [-0.2, 0) is 25.5 Å². The quantitative estimate of drug-likeness (QED) is 0.383. The van der Waals surface area contributed by atoms with Crippen molar-refractivity contribution in [2.75, 3.05) is 14.2 Å². The molecule has 0 spiro atoms. The van der Waals surface area contributed by atoms with Gasteiger partial charge in [0.1, 0.15) is 5.41 Å². The van der Waals surface area contributed by atoms with E-state index in [1.807, 2.05) is 0 Å². The van der Waals surface area contributed by atoms with Crippen molar-refractivity contribution in [2.45, 2.75) is 12.8 Å². The molecule has 0 aliphatic heterocycles. The number of Topliss-reactive ketones (excluding diaryl/α,β-unsaturated/α-hetero) is 1. The first kappa shape index (κ1) is 21.1. The summed E-state index contributed by atoms with van der Waals surface area (Å²) in [5.41, 5.74) is -0.519. The van der Waals surface area contributed by atoms with E-state index in [0.29, 0.717) is 16.1 Å². The molecule has 1 N–H and O–H groups in total. The van der Waals surface area contributed by atoms with Gasteiger partial charge in [-0.3, -0.25) is 14.4 Å². The topological polar surface area (TPSA) is 99.7 Å². The Labute approximate surface area is 154 Å². The van der Waals surface area contributed by atoms with Crippen molar-refractivity contribution in [2.24, 2.45) is 5.41 Å². The summed E-state index contributed by atoms with van der Waals surface area (Å²) in [5, 5.41) is 0.468. The number of ketones is 1. The van der Waals surface area contributed by atoms with Crippen LogP contribution in [0, 0.1) is 5.41 Å².